The molecule has 11 heteroatoms. The molecule has 4 N–H and O–H groups in total. The number of aryl methyl sites for hydroxylation is 1. The lowest BCUT2D eigenvalue weighted by Crippen LogP contribution is -2.36. The molecule has 3 aromatic rings. The fourth-order valence-corrected chi connectivity index (χ4v) is 5.26. The van der Waals surface area contributed by atoms with Gasteiger partial charge >= 0.3 is 0 Å². The molecule has 1 fully saturated rings. The Labute approximate surface area is 244 Å². The summed E-state index contributed by atoms with van der Waals surface area (Å²) in [6.45, 7) is 0.322. The SMILES string of the molecule is N=NN=C(N)NC(=O)c1ccc(CN(C(=O)CCCc2ccc([N+](=O)[O-])cc2)c2ccc(C3CCCCC3)cc2)cc1. The molecular weight excluding hydrogens is 534 g/mol. The number of guanidine groups is 1. The van der Waals surface area contributed by atoms with Crippen molar-refractivity contribution in [3.8, 4) is 0 Å². The molecule has 1 saturated carbocycles. The van der Waals surface area contributed by atoms with E-state index in [1.165, 1.54) is 49.8 Å². The fraction of sp³-hybridized carbons (Fsp3) is 0.323. The van der Waals surface area contributed by atoms with Crippen molar-refractivity contribution in [1.29, 1.82) is 5.53 Å². The van der Waals surface area contributed by atoms with Gasteiger partial charge < -0.3 is 10.6 Å². The highest BCUT2D eigenvalue weighted by atomic mass is 16.6. The van der Waals surface area contributed by atoms with Crippen LogP contribution in [0.15, 0.2) is 83.1 Å². The Morgan fingerprint density at radius 2 is 1.60 bits per heavy atom. The quantitative estimate of drug-likeness (QED) is 0.0821. The van der Waals surface area contributed by atoms with Crippen molar-refractivity contribution >= 4 is 29.1 Å². The van der Waals surface area contributed by atoms with E-state index in [4.69, 9.17) is 11.3 Å². The van der Waals surface area contributed by atoms with E-state index in [1.807, 2.05) is 12.1 Å². The number of nitro benzene ring substituents is 1. The predicted octanol–water partition coefficient (Wildman–Crippen LogP) is 6.19. The summed E-state index contributed by atoms with van der Waals surface area (Å²) in [5.41, 5.74) is 16.5. The molecule has 0 bridgehead atoms. The van der Waals surface area contributed by atoms with Gasteiger partial charge in [0.2, 0.25) is 11.9 Å². The van der Waals surface area contributed by atoms with Crippen LogP contribution in [0, 0.1) is 15.6 Å². The number of carbonyl (C=O) groups excluding carboxylic acids is 2. The summed E-state index contributed by atoms with van der Waals surface area (Å²) < 4.78 is 0. The highest BCUT2D eigenvalue weighted by Crippen LogP contribution is 2.33. The van der Waals surface area contributed by atoms with Gasteiger partial charge in [-0.25, -0.2) is 0 Å². The monoisotopic (exact) mass is 569 g/mol. The van der Waals surface area contributed by atoms with Crippen LogP contribution in [-0.4, -0.2) is 22.7 Å². The van der Waals surface area contributed by atoms with Crippen LogP contribution in [0.2, 0.25) is 0 Å². The number of carbonyl (C=O) groups is 2. The van der Waals surface area contributed by atoms with Crippen molar-refractivity contribution < 1.29 is 14.5 Å². The molecule has 218 valence electrons. The maximum absolute atomic E-state index is 13.5. The van der Waals surface area contributed by atoms with Crippen molar-refractivity contribution in [2.75, 3.05) is 4.90 Å². The third kappa shape index (κ3) is 8.29. The topological polar surface area (TPSA) is 167 Å². The van der Waals surface area contributed by atoms with Gasteiger partial charge in [-0.05, 0) is 77.8 Å². The number of amides is 2. The lowest BCUT2D eigenvalue weighted by Gasteiger charge is -2.25. The minimum Gasteiger partial charge on any atom is -0.368 e. The van der Waals surface area contributed by atoms with Crippen LogP contribution in [0.4, 0.5) is 11.4 Å². The number of nitrogens with zero attached hydrogens (tertiary/aromatic N) is 4. The molecule has 1 aliphatic rings. The molecule has 2 amide bonds. The molecule has 0 heterocycles. The van der Waals surface area contributed by atoms with Gasteiger partial charge in [-0.15, -0.1) is 0 Å². The van der Waals surface area contributed by atoms with Gasteiger partial charge in [-0.2, -0.15) is 5.53 Å². The highest BCUT2D eigenvalue weighted by Gasteiger charge is 2.19. The van der Waals surface area contributed by atoms with Gasteiger partial charge in [0.05, 0.1) is 11.5 Å². The number of nitro groups is 1. The van der Waals surface area contributed by atoms with E-state index < -0.39 is 10.8 Å². The Kier molecular flexibility index (Phi) is 10.5. The molecule has 0 aliphatic heterocycles. The summed E-state index contributed by atoms with van der Waals surface area (Å²) in [4.78, 5) is 38.2. The lowest BCUT2D eigenvalue weighted by atomic mass is 9.84. The predicted molar refractivity (Wildman–Crippen MR) is 160 cm³/mol. The second kappa shape index (κ2) is 14.6. The Morgan fingerprint density at radius 1 is 0.952 bits per heavy atom. The molecule has 3 aromatic carbocycles. The Bertz CT molecular complexity index is 1420. The molecule has 0 spiro atoms. The number of hydrogen-bond donors (Lipinski definition) is 3. The van der Waals surface area contributed by atoms with Crippen molar-refractivity contribution in [1.82, 2.24) is 5.32 Å². The third-order valence-corrected chi connectivity index (χ3v) is 7.54. The third-order valence-electron chi connectivity index (χ3n) is 7.54. The minimum absolute atomic E-state index is 0.0349. The smallest absolute Gasteiger partial charge is 0.269 e. The van der Waals surface area contributed by atoms with Gasteiger partial charge in [-0.1, -0.05) is 60.8 Å². The second-order valence-corrected chi connectivity index (χ2v) is 10.4. The summed E-state index contributed by atoms with van der Waals surface area (Å²) in [7, 11) is 0. The maximum Gasteiger partial charge on any atom is 0.269 e. The minimum atomic E-state index is -0.482. The molecule has 0 aromatic heterocycles. The van der Waals surface area contributed by atoms with E-state index in [2.05, 4.69) is 27.8 Å². The first-order valence-corrected chi connectivity index (χ1v) is 14.1. The van der Waals surface area contributed by atoms with Crippen LogP contribution < -0.4 is 16.0 Å². The van der Waals surface area contributed by atoms with Crippen molar-refractivity contribution in [3.63, 3.8) is 0 Å². The summed E-state index contributed by atoms with van der Waals surface area (Å²) in [5.74, 6) is -0.233. The molecule has 42 heavy (non-hydrogen) atoms. The number of nitrogens with two attached hydrogens (primary N) is 1. The summed E-state index contributed by atoms with van der Waals surface area (Å²) in [6.07, 6.45) is 7.71. The second-order valence-electron chi connectivity index (χ2n) is 10.4. The molecule has 0 saturated heterocycles. The number of non-ortho nitro benzene ring substituents is 1. The van der Waals surface area contributed by atoms with Crippen LogP contribution in [0.3, 0.4) is 0 Å². The first-order valence-electron chi connectivity index (χ1n) is 14.1. The number of nitrogens with one attached hydrogen (secondary N) is 2. The van der Waals surface area contributed by atoms with Gasteiger partial charge in [0.15, 0.2) is 0 Å². The lowest BCUT2D eigenvalue weighted by molar-refractivity contribution is -0.384. The molecule has 0 radical (unpaired) electrons. The van der Waals surface area contributed by atoms with Crippen LogP contribution in [-0.2, 0) is 17.8 Å². The number of rotatable bonds is 11. The Hall–Kier alpha value is -4.93. The number of anilines is 1. The van der Waals surface area contributed by atoms with Crippen LogP contribution >= 0.6 is 0 Å². The normalized spacial score (nSPS) is 13.8. The highest BCUT2D eigenvalue weighted by molar-refractivity contribution is 6.05. The van der Waals surface area contributed by atoms with Crippen molar-refractivity contribution in [2.24, 2.45) is 16.1 Å². The van der Waals surface area contributed by atoms with E-state index in [0.717, 1.165) is 16.8 Å². The van der Waals surface area contributed by atoms with Gasteiger partial charge in [-0.3, -0.25) is 25.0 Å². The molecule has 4 rings (SSSR count). The number of benzene rings is 3. The zero-order chi connectivity index (χ0) is 29.9. The zero-order valence-electron chi connectivity index (χ0n) is 23.4. The van der Waals surface area contributed by atoms with E-state index in [0.29, 0.717) is 37.3 Å². The van der Waals surface area contributed by atoms with Crippen LogP contribution in [0.5, 0.6) is 0 Å². The van der Waals surface area contributed by atoms with Crippen LogP contribution in [0.25, 0.3) is 0 Å². The number of hydrogen-bond acceptors (Lipinski definition) is 6. The molecule has 11 nitrogen and oxygen atoms in total. The maximum atomic E-state index is 13.5. The van der Waals surface area contributed by atoms with E-state index in [-0.39, 0.29) is 17.6 Å². The van der Waals surface area contributed by atoms with E-state index in [9.17, 15) is 19.7 Å². The average molecular weight is 570 g/mol. The fourth-order valence-electron chi connectivity index (χ4n) is 5.26. The van der Waals surface area contributed by atoms with Gasteiger partial charge in [0.1, 0.15) is 0 Å². The first-order chi connectivity index (χ1) is 20.3. The molecule has 0 unspecified atom stereocenters. The Balaban J connectivity index is 1.47. The zero-order valence-corrected chi connectivity index (χ0v) is 23.4. The van der Waals surface area contributed by atoms with Gasteiger partial charge in [0, 0.05) is 29.8 Å². The summed E-state index contributed by atoms with van der Waals surface area (Å²) >= 11 is 0. The molecular formula is C31H35N7O4. The largest absolute Gasteiger partial charge is 0.368 e. The van der Waals surface area contributed by atoms with Crippen molar-refractivity contribution in [2.45, 2.75) is 63.8 Å². The van der Waals surface area contributed by atoms with Crippen LogP contribution in [0.1, 0.15) is 77.9 Å². The molecule has 0 atom stereocenters. The summed E-state index contributed by atoms with van der Waals surface area (Å²) in [6, 6.07) is 21.5. The first kappa shape index (κ1) is 30.0. The van der Waals surface area contributed by atoms with Crippen molar-refractivity contribution in [3.05, 3.63) is 105 Å². The molecule has 1 aliphatic carbocycles. The summed E-state index contributed by atoms with van der Waals surface area (Å²) in [5, 5.41) is 19.3. The standard InChI is InChI=1S/C31H35N7O4/c32-31(35-36-33)34-30(40)26-13-9-23(10-14-26)21-37(27-19-15-25(16-20-27)24-6-2-1-3-7-24)29(39)8-4-5-22-11-17-28(18-12-22)38(41)42/h9-20,24H,1-8,21H2,(H4,32,33,34,35,40). The Morgan fingerprint density at radius 3 is 2.21 bits per heavy atom. The van der Waals surface area contributed by atoms with E-state index in [1.54, 1.807) is 41.3 Å². The van der Waals surface area contributed by atoms with Gasteiger partial charge in [0.25, 0.3) is 11.6 Å². The average Bonchev–Trinajstić information content (AvgIpc) is 3.01. The van der Waals surface area contributed by atoms with E-state index >= 15 is 0 Å².